The molecule has 2 aliphatic rings. The third-order valence-corrected chi connectivity index (χ3v) is 6.42. The van der Waals surface area contributed by atoms with Crippen LogP contribution in [0.15, 0.2) is 71.6 Å². The average molecular weight is 462 g/mol. The smallest absolute Gasteiger partial charge is 0.336 e. The number of ketones is 1. The van der Waals surface area contributed by atoms with E-state index in [1.54, 1.807) is 20.3 Å². The summed E-state index contributed by atoms with van der Waals surface area (Å²) >= 11 is 0. The molecule has 0 radical (unpaired) electrons. The Morgan fingerprint density at radius 3 is 2.32 bits per heavy atom. The molecule has 0 spiro atoms. The maximum Gasteiger partial charge on any atom is 0.336 e. The monoisotopic (exact) mass is 461 g/mol. The molecule has 1 aliphatic heterocycles. The van der Waals surface area contributed by atoms with Crippen LogP contribution in [0.2, 0.25) is 0 Å². The molecule has 0 saturated heterocycles. The maximum atomic E-state index is 13.7. The van der Waals surface area contributed by atoms with Crippen LogP contribution in [0.25, 0.3) is 0 Å². The second kappa shape index (κ2) is 9.75. The van der Waals surface area contributed by atoms with E-state index >= 15 is 0 Å². The largest absolute Gasteiger partial charge is 0.493 e. The van der Waals surface area contributed by atoms with Gasteiger partial charge in [-0.1, -0.05) is 42.5 Å². The number of ether oxygens (including phenoxy) is 3. The number of allylic oxidation sites excluding steroid dienone is 3. The molecular formula is C28H31NO5. The molecular weight excluding hydrogens is 430 g/mol. The lowest BCUT2D eigenvalue weighted by atomic mass is 9.68. The van der Waals surface area contributed by atoms with Gasteiger partial charge in [0.25, 0.3) is 0 Å². The quantitative estimate of drug-likeness (QED) is 0.619. The summed E-state index contributed by atoms with van der Waals surface area (Å²) in [5.41, 5.74) is 3.88. The van der Waals surface area contributed by atoms with Gasteiger partial charge in [0.1, 0.15) is 5.78 Å². The standard InChI is InChI=1S/C28H31NO5/c1-16(2)34-28(31)25-17(3)29-21-13-20(18-9-7-6-8-10-18)14-22(30)27(21)26(25)19-11-12-23(32-4)24(15-19)33-5/h6-13,15-16,20,26-27,29H,14H2,1-5H3. The Morgan fingerprint density at radius 1 is 0.971 bits per heavy atom. The number of benzene rings is 2. The van der Waals surface area contributed by atoms with Gasteiger partial charge >= 0.3 is 5.97 Å². The van der Waals surface area contributed by atoms with Gasteiger partial charge in [-0.05, 0) is 44.0 Å². The van der Waals surface area contributed by atoms with E-state index in [2.05, 4.69) is 11.4 Å². The second-order valence-electron chi connectivity index (χ2n) is 9.00. The topological polar surface area (TPSA) is 73.9 Å². The number of esters is 1. The Labute approximate surface area is 200 Å². The van der Waals surface area contributed by atoms with E-state index in [0.717, 1.165) is 16.8 Å². The molecule has 6 heteroatoms. The van der Waals surface area contributed by atoms with Gasteiger partial charge in [0.15, 0.2) is 11.5 Å². The Morgan fingerprint density at radius 2 is 1.68 bits per heavy atom. The molecule has 1 aliphatic carbocycles. The van der Waals surface area contributed by atoms with Crippen molar-refractivity contribution in [3.63, 3.8) is 0 Å². The van der Waals surface area contributed by atoms with Crippen molar-refractivity contribution in [1.29, 1.82) is 0 Å². The number of Topliss-reactive ketones (excluding diaryl/α,β-unsaturated/α-hetero) is 1. The van der Waals surface area contributed by atoms with Gasteiger partial charge in [0.2, 0.25) is 0 Å². The number of hydrogen-bond acceptors (Lipinski definition) is 6. The summed E-state index contributed by atoms with van der Waals surface area (Å²) in [7, 11) is 3.15. The van der Waals surface area contributed by atoms with Gasteiger partial charge in [0.05, 0.1) is 31.8 Å². The van der Waals surface area contributed by atoms with E-state index in [4.69, 9.17) is 14.2 Å². The van der Waals surface area contributed by atoms with E-state index in [-0.39, 0.29) is 17.8 Å². The number of hydrogen-bond donors (Lipinski definition) is 1. The van der Waals surface area contributed by atoms with Gasteiger partial charge in [-0.15, -0.1) is 0 Å². The number of rotatable bonds is 6. The molecule has 4 rings (SSSR count). The van der Waals surface area contributed by atoms with Crippen molar-refractivity contribution >= 4 is 11.8 Å². The van der Waals surface area contributed by atoms with Crippen molar-refractivity contribution in [3.8, 4) is 11.5 Å². The number of fused-ring (bicyclic) bond motifs is 1. The molecule has 6 nitrogen and oxygen atoms in total. The summed E-state index contributed by atoms with van der Waals surface area (Å²) in [4.78, 5) is 26.9. The van der Waals surface area contributed by atoms with Gasteiger partial charge in [-0.3, -0.25) is 4.79 Å². The van der Waals surface area contributed by atoms with Crippen molar-refractivity contribution in [3.05, 3.63) is 82.7 Å². The van der Waals surface area contributed by atoms with Crippen molar-refractivity contribution < 1.29 is 23.8 Å². The highest BCUT2D eigenvalue weighted by Gasteiger charge is 2.45. The fourth-order valence-corrected chi connectivity index (χ4v) is 4.94. The average Bonchev–Trinajstić information content (AvgIpc) is 2.82. The summed E-state index contributed by atoms with van der Waals surface area (Å²) in [6.45, 7) is 5.49. The highest BCUT2D eigenvalue weighted by molar-refractivity contribution is 5.96. The molecule has 3 atom stereocenters. The normalized spacial score (nSPS) is 22.0. The molecule has 1 N–H and O–H groups in total. The number of carbonyl (C=O) groups excluding carboxylic acids is 2. The van der Waals surface area contributed by atoms with Crippen LogP contribution < -0.4 is 14.8 Å². The summed E-state index contributed by atoms with van der Waals surface area (Å²) in [5.74, 6) is -0.238. The molecule has 34 heavy (non-hydrogen) atoms. The van der Waals surface area contributed by atoms with Gasteiger partial charge in [0, 0.05) is 29.7 Å². The summed E-state index contributed by atoms with van der Waals surface area (Å²) in [5, 5.41) is 3.37. The minimum absolute atomic E-state index is 0.0181. The molecule has 2 aromatic rings. The van der Waals surface area contributed by atoms with Gasteiger partial charge < -0.3 is 19.5 Å². The van der Waals surface area contributed by atoms with E-state index in [1.807, 2.05) is 63.2 Å². The molecule has 178 valence electrons. The Balaban J connectivity index is 1.85. The lowest BCUT2D eigenvalue weighted by Crippen LogP contribution is -2.42. The van der Waals surface area contributed by atoms with Crippen molar-refractivity contribution in [2.45, 2.75) is 45.1 Å². The van der Waals surface area contributed by atoms with Crippen molar-refractivity contribution in [1.82, 2.24) is 5.32 Å². The van der Waals surface area contributed by atoms with E-state index in [1.165, 1.54) is 0 Å². The molecule has 3 unspecified atom stereocenters. The fraction of sp³-hybridized carbons (Fsp3) is 0.357. The summed E-state index contributed by atoms with van der Waals surface area (Å²) in [6.07, 6.45) is 2.22. The lowest BCUT2D eigenvalue weighted by molar-refractivity contribution is -0.143. The van der Waals surface area contributed by atoms with Crippen LogP contribution in [0.5, 0.6) is 11.5 Å². The van der Waals surface area contributed by atoms with Crippen LogP contribution >= 0.6 is 0 Å². The first-order valence-electron chi connectivity index (χ1n) is 11.5. The third-order valence-electron chi connectivity index (χ3n) is 6.42. The van der Waals surface area contributed by atoms with Crippen molar-refractivity contribution in [2.24, 2.45) is 5.92 Å². The zero-order valence-electron chi connectivity index (χ0n) is 20.3. The predicted octanol–water partition coefficient (Wildman–Crippen LogP) is 4.87. The molecule has 2 aromatic carbocycles. The summed E-state index contributed by atoms with van der Waals surface area (Å²) < 4.78 is 16.5. The van der Waals surface area contributed by atoms with Crippen LogP contribution in [-0.4, -0.2) is 32.1 Å². The first-order chi connectivity index (χ1) is 16.3. The van der Waals surface area contributed by atoms with Crippen LogP contribution in [0, 0.1) is 5.92 Å². The number of nitrogens with one attached hydrogen (secondary N) is 1. The molecule has 0 amide bonds. The lowest BCUT2D eigenvalue weighted by Gasteiger charge is -2.39. The second-order valence-corrected chi connectivity index (χ2v) is 9.00. The SMILES string of the molecule is COc1ccc(C2C(C(=O)OC(C)C)=C(C)NC3=CC(c4ccccc4)CC(=O)C32)cc1OC. The highest BCUT2D eigenvalue weighted by atomic mass is 16.5. The molecule has 0 fully saturated rings. The van der Waals surface area contributed by atoms with Crippen LogP contribution in [0.1, 0.15) is 50.2 Å². The molecule has 0 bridgehead atoms. The maximum absolute atomic E-state index is 13.7. The number of carbonyl (C=O) groups is 2. The van der Waals surface area contributed by atoms with Gasteiger partial charge in [-0.25, -0.2) is 4.79 Å². The number of methoxy groups -OCH3 is 2. The van der Waals surface area contributed by atoms with E-state index in [9.17, 15) is 9.59 Å². The third kappa shape index (κ3) is 4.45. The minimum Gasteiger partial charge on any atom is -0.493 e. The van der Waals surface area contributed by atoms with Crippen LogP contribution in [0.3, 0.4) is 0 Å². The Hall–Kier alpha value is -3.54. The molecule has 1 heterocycles. The first kappa shape index (κ1) is 23.6. The Kier molecular flexibility index (Phi) is 6.77. The zero-order valence-corrected chi connectivity index (χ0v) is 20.3. The fourth-order valence-electron chi connectivity index (χ4n) is 4.94. The predicted molar refractivity (Wildman–Crippen MR) is 130 cm³/mol. The van der Waals surface area contributed by atoms with Crippen molar-refractivity contribution in [2.75, 3.05) is 14.2 Å². The molecule has 0 aromatic heterocycles. The summed E-state index contributed by atoms with van der Waals surface area (Å²) in [6, 6.07) is 15.6. The Bertz CT molecular complexity index is 1150. The minimum atomic E-state index is -0.517. The van der Waals surface area contributed by atoms with E-state index in [0.29, 0.717) is 29.2 Å². The first-order valence-corrected chi connectivity index (χ1v) is 11.5. The molecule has 0 saturated carbocycles. The van der Waals surface area contributed by atoms with E-state index < -0.39 is 17.8 Å². The van der Waals surface area contributed by atoms with Gasteiger partial charge in [-0.2, -0.15) is 0 Å². The van der Waals surface area contributed by atoms with Crippen LogP contribution in [0.4, 0.5) is 0 Å². The zero-order chi connectivity index (χ0) is 24.4. The highest BCUT2D eigenvalue weighted by Crippen LogP contribution is 2.47. The van der Waals surface area contributed by atoms with Crippen LogP contribution in [-0.2, 0) is 14.3 Å².